The van der Waals surface area contributed by atoms with Crippen LogP contribution in [0.3, 0.4) is 0 Å². The smallest absolute Gasteiger partial charge is 0.104 e. The van der Waals surface area contributed by atoms with E-state index < -0.39 is 0 Å². The number of aromatic nitrogens is 8. The highest BCUT2D eigenvalue weighted by molar-refractivity contribution is 5.30. The Morgan fingerprint density at radius 3 is 1.96 bits per heavy atom. The Balaban J connectivity index is 0.000000151. The van der Waals surface area contributed by atoms with Gasteiger partial charge in [-0.2, -0.15) is 15.0 Å². The van der Waals surface area contributed by atoms with E-state index in [9.17, 15) is 0 Å². The normalized spacial score (nSPS) is 10.2. The van der Waals surface area contributed by atoms with Gasteiger partial charge in [0.15, 0.2) is 0 Å². The minimum Gasteiger partial charge on any atom is -0.392 e. The molecular weight excluding hydrogens is 336 g/mol. The van der Waals surface area contributed by atoms with Gasteiger partial charge in [-0.3, -0.25) is 9.97 Å². The van der Waals surface area contributed by atoms with Gasteiger partial charge in [-0.15, -0.1) is 5.10 Å². The van der Waals surface area contributed by atoms with Crippen molar-refractivity contribution >= 4 is 0 Å². The average molecular weight is 352 g/mol. The third-order valence-corrected chi connectivity index (χ3v) is 3.26. The molecule has 0 aliphatic rings. The molecule has 0 unspecified atom stereocenters. The molecule has 0 saturated heterocycles. The van der Waals surface area contributed by atoms with Gasteiger partial charge in [0, 0.05) is 12.4 Å². The van der Waals surface area contributed by atoms with Crippen LogP contribution in [-0.2, 0) is 13.2 Å². The van der Waals surface area contributed by atoms with Crippen molar-refractivity contribution < 1.29 is 10.2 Å². The third-order valence-electron chi connectivity index (χ3n) is 3.26. The molecule has 4 aromatic rings. The summed E-state index contributed by atoms with van der Waals surface area (Å²) in [6.07, 6.45) is 13.0. The maximum Gasteiger partial charge on any atom is 0.104 e. The second-order valence-corrected chi connectivity index (χ2v) is 5.09. The molecule has 0 saturated carbocycles. The lowest BCUT2D eigenvalue weighted by Crippen LogP contribution is -2.00. The van der Waals surface area contributed by atoms with Gasteiger partial charge in [0.1, 0.15) is 5.69 Å². The molecular formula is C16H16N8O2. The molecule has 0 atom stereocenters. The maximum absolute atomic E-state index is 8.87. The summed E-state index contributed by atoms with van der Waals surface area (Å²) >= 11 is 0. The van der Waals surface area contributed by atoms with Crippen molar-refractivity contribution in [3.63, 3.8) is 0 Å². The highest BCUT2D eigenvalue weighted by atomic mass is 16.3. The summed E-state index contributed by atoms with van der Waals surface area (Å²) in [5.41, 5.74) is 3.04. The summed E-state index contributed by atoms with van der Waals surface area (Å²) in [6.45, 7) is -0.0440. The number of hydrogen-bond acceptors (Lipinski definition) is 8. The predicted octanol–water partition coefficient (Wildman–Crippen LogP) is 0.309. The van der Waals surface area contributed by atoms with Crippen LogP contribution in [0, 0.1) is 0 Å². The van der Waals surface area contributed by atoms with Gasteiger partial charge in [0.05, 0.1) is 56.1 Å². The molecule has 2 N–H and O–H groups in total. The predicted molar refractivity (Wildman–Crippen MR) is 90.2 cm³/mol. The van der Waals surface area contributed by atoms with E-state index in [0.717, 1.165) is 22.5 Å². The van der Waals surface area contributed by atoms with Crippen LogP contribution in [0.4, 0.5) is 0 Å². The van der Waals surface area contributed by atoms with E-state index in [1.807, 2.05) is 6.07 Å². The zero-order valence-corrected chi connectivity index (χ0v) is 13.7. The van der Waals surface area contributed by atoms with Crippen LogP contribution in [0.1, 0.15) is 11.1 Å². The van der Waals surface area contributed by atoms with Crippen molar-refractivity contribution in [2.45, 2.75) is 13.2 Å². The number of aliphatic hydroxyl groups excluding tert-OH is 2. The van der Waals surface area contributed by atoms with E-state index in [1.54, 1.807) is 60.3 Å². The minimum absolute atomic E-state index is 0.0183. The molecule has 132 valence electrons. The Kier molecular flexibility index (Phi) is 5.70. The Hall–Kier alpha value is -3.50. The zero-order chi connectivity index (χ0) is 18.2. The first-order valence-electron chi connectivity index (χ1n) is 7.63. The van der Waals surface area contributed by atoms with Crippen molar-refractivity contribution in [2.75, 3.05) is 0 Å². The van der Waals surface area contributed by atoms with Gasteiger partial charge in [0.2, 0.25) is 0 Å². The quantitative estimate of drug-likeness (QED) is 0.537. The van der Waals surface area contributed by atoms with Crippen molar-refractivity contribution in [3.05, 3.63) is 72.8 Å². The van der Waals surface area contributed by atoms with E-state index in [1.165, 1.54) is 4.80 Å². The van der Waals surface area contributed by atoms with Crippen LogP contribution < -0.4 is 0 Å². The monoisotopic (exact) mass is 352 g/mol. The highest BCUT2D eigenvalue weighted by Gasteiger charge is 1.99. The Morgan fingerprint density at radius 1 is 0.769 bits per heavy atom. The summed E-state index contributed by atoms with van der Waals surface area (Å²) in [7, 11) is 0. The summed E-state index contributed by atoms with van der Waals surface area (Å²) in [6, 6.07) is 3.59. The summed E-state index contributed by atoms with van der Waals surface area (Å²) in [4.78, 5) is 9.36. The lowest BCUT2D eigenvalue weighted by molar-refractivity contribution is 0.281. The first-order chi connectivity index (χ1) is 12.8. The van der Waals surface area contributed by atoms with Gasteiger partial charge in [-0.1, -0.05) is 5.21 Å². The second kappa shape index (κ2) is 8.55. The van der Waals surface area contributed by atoms with Crippen molar-refractivity contribution in [1.29, 1.82) is 0 Å². The van der Waals surface area contributed by atoms with E-state index in [-0.39, 0.29) is 13.2 Å². The minimum atomic E-state index is -0.0257. The van der Waals surface area contributed by atoms with Gasteiger partial charge in [-0.25, -0.2) is 4.68 Å². The van der Waals surface area contributed by atoms with Gasteiger partial charge in [0.25, 0.3) is 0 Å². The molecule has 4 aromatic heterocycles. The van der Waals surface area contributed by atoms with Crippen LogP contribution in [-0.4, -0.2) is 50.2 Å². The fraction of sp³-hybridized carbons (Fsp3) is 0.125. The Bertz CT molecular complexity index is 847. The average Bonchev–Trinajstić information content (AvgIpc) is 3.42. The molecule has 0 radical (unpaired) electrons. The molecule has 0 spiro atoms. The first-order valence-corrected chi connectivity index (χ1v) is 7.63. The fourth-order valence-corrected chi connectivity index (χ4v) is 2.05. The molecule has 26 heavy (non-hydrogen) atoms. The number of aliphatic hydroxyl groups is 2. The molecule has 10 heteroatoms. The van der Waals surface area contributed by atoms with Crippen molar-refractivity contribution in [1.82, 2.24) is 40.0 Å². The number of rotatable bonds is 4. The molecule has 0 fully saturated rings. The SMILES string of the molecule is OCc1cncc(-n2ccnn2)c1.OCc1cncc(-n2nccn2)c1. The highest BCUT2D eigenvalue weighted by Crippen LogP contribution is 2.06. The molecule has 10 nitrogen and oxygen atoms in total. The van der Waals surface area contributed by atoms with E-state index in [2.05, 4.69) is 30.5 Å². The first kappa shape index (κ1) is 17.3. The topological polar surface area (TPSA) is 128 Å². The molecule has 4 heterocycles. The van der Waals surface area contributed by atoms with Crippen molar-refractivity contribution in [3.8, 4) is 11.4 Å². The Morgan fingerprint density at radius 2 is 1.38 bits per heavy atom. The number of nitrogens with zero attached hydrogens (tertiary/aromatic N) is 8. The van der Waals surface area contributed by atoms with Gasteiger partial charge in [-0.05, 0) is 23.3 Å². The fourth-order valence-electron chi connectivity index (χ4n) is 2.05. The van der Waals surface area contributed by atoms with Gasteiger partial charge < -0.3 is 10.2 Å². The molecule has 0 aliphatic heterocycles. The molecule has 0 bridgehead atoms. The summed E-state index contributed by atoms with van der Waals surface area (Å²) < 4.78 is 1.59. The molecule has 0 aromatic carbocycles. The zero-order valence-electron chi connectivity index (χ0n) is 13.7. The second-order valence-electron chi connectivity index (χ2n) is 5.09. The number of pyridine rings is 2. The maximum atomic E-state index is 8.87. The standard InChI is InChI=1S/2C8H8N4O/c13-6-7-3-8(5-9-4-7)12-2-1-10-11-12;13-6-7-3-8(5-9-4-7)12-10-1-2-11-12/h2*1-5,13H,6H2. The Labute approximate surface area is 148 Å². The number of hydrogen-bond donors (Lipinski definition) is 2. The van der Waals surface area contributed by atoms with E-state index >= 15 is 0 Å². The van der Waals surface area contributed by atoms with E-state index in [4.69, 9.17) is 10.2 Å². The van der Waals surface area contributed by atoms with Crippen molar-refractivity contribution in [2.24, 2.45) is 0 Å². The van der Waals surface area contributed by atoms with Crippen LogP contribution in [0.5, 0.6) is 0 Å². The lowest BCUT2D eigenvalue weighted by atomic mass is 10.3. The molecule has 0 aliphatic carbocycles. The lowest BCUT2D eigenvalue weighted by Gasteiger charge is -2.00. The largest absolute Gasteiger partial charge is 0.392 e. The third kappa shape index (κ3) is 4.32. The van der Waals surface area contributed by atoms with E-state index in [0.29, 0.717) is 0 Å². The summed E-state index contributed by atoms with van der Waals surface area (Å²) in [5, 5.41) is 33.1. The van der Waals surface area contributed by atoms with Crippen LogP contribution in [0.2, 0.25) is 0 Å². The summed E-state index contributed by atoms with van der Waals surface area (Å²) in [5.74, 6) is 0. The van der Waals surface area contributed by atoms with Gasteiger partial charge >= 0.3 is 0 Å². The molecule has 0 amide bonds. The van der Waals surface area contributed by atoms with Crippen LogP contribution in [0.25, 0.3) is 11.4 Å². The molecule has 4 rings (SSSR count). The van der Waals surface area contributed by atoms with Crippen LogP contribution in [0.15, 0.2) is 61.7 Å². The van der Waals surface area contributed by atoms with Crippen LogP contribution >= 0.6 is 0 Å².